The highest BCUT2D eigenvalue weighted by Crippen LogP contribution is 2.22. The van der Waals surface area contributed by atoms with E-state index < -0.39 is 0 Å². The smallest absolute Gasteiger partial charge is 0.226 e. The fourth-order valence-corrected chi connectivity index (χ4v) is 4.72. The maximum Gasteiger partial charge on any atom is 0.245 e. The zero-order chi connectivity index (χ0) is 20.6. The number of fused-ring (bicyclic) bond motifs is 3. The number of para-hydroxylation sites is 2. The van der Waals surface area contributed by atoms with Gasteiger partial charge in [0, 0.05) is 11.1 Å². The Kier molecular flexibility index (Phi) is 4.28. The summed E-state index contributed by atoms with van der Waals surface area (Å²) in [6.45, 7) is 1.70. The molecule has 0 bridgehead atoms. The van der Waals surface area contributed by atoms with Crippen molar-refractivity contribution in [1.29, 1.82) is 0 Å². The molecule has 31 heavy (non-hydrogen) atoms. The Morgan fingerprint density at radius 2 is 1.13 bits per heavy atom. The van der Waals surface area contributed by atoms with E-state index in [1.54, 1.807) is 0 Å². The molecule has 0 N–H and O–H groups in total. The van der Waals surface area contributed by atoms with Crippen LogP contribution in [0.15, 0.2) is 116 Å². The molecule has 0 spiro atoms. The van der Waals surface area contributed by atoms with Gasteiger partial charge in [0.05, 0.1) is 0 Å². The molecule has 6 aromatic rings. The van der Waals surface area contributed by atoms with E-state index in [0.717, 1.165) is 13.1 Å². The second-order valence-corrected chi connectivity index (χ2v) is 8.14. The molecule has 148 valence electrons. The average molecular weight is 400 g/mol. The van der Waals surface area contributed by atoms with Gasteiger partial charge in [-0.25, -0.2) is 9.13 Å². The molecule has 1 aromatic heterocycles. The predicted molar refractivity (Wildman–Crippen MR) is 128 cm³/mol. The molecule has 0 radical (unpaired) electrons. The summed E-state index contributed by atoms with van der Waals surface area (Å²) < 4.78 is 4.75. The van der Waals surface area contributed by atoms with Crippen LogP contribution < -0.4 is 4.57 Å². The Morgan fingerprint density at radius 3 is 1.90 bits per heavy atom. The summed E-state index contributed by atoms with van der Waals surface area (Å²) in [6, 6.07) is 39.2. The summed E-state index contributed by atoms with van der Waals surface area (Å²) in [5, 5.41) is 5.23. The first-order chi connectivity index (χ1) is 15.4. The van der Waals surface area contributed by atoms with Gasteiger partial charge in [-0.1, -0.05) is 97.1 Å². The van der Waals surface area contributed by atoms with Gasteiger partial charge in [0.25, 0.3) is 0 Å². The molecular weight excluding hydrogens is 376 g/mol. The first-order valence-electron chi connectivity index (χ1n) is 10.8. The molecule has 0 amide bonds. The van der Waals surface area contributed by atoms with Crippen LogP contribution in [0.5, 0.6) is 0 Å². The number of nitrogens with zero attached hydrogens (tertiary/aromatic N) is 2. The van der Waals surface area contributed by atoms with Crippen LogP contribution in [0.3, 0.4) is 0 Å². The maximum absolute atomic E-state index is 2.38. The van der Waals surface area contributed by atoms with Gasteiger partial charge >= 0.3 is 0 Å². The number of imidazole rings is 1. The van der Waals surface area contributed by atoms with Crippen molar-refractivity contribution in [3.8, 4) is 0 Å². The highest BCUT2D eigenvalue weighted by molar-refractivity contribution is 5.86. The fraction of sp³-hybridized carbons (Fsp3) is 0.0690. The summed E-state index contributed by atoms with van der Waals surface area (Å²) in [4.78, 5) is 0. The number of benzene rings is 5. The molecule has 0 atom stereocenters. The van der Waals surface area contributed by atoms with Crippen molar-refractivity contribution in [3.05, 3.63) is 127 Å². The molecule has 0 aliphatic heterocycles. The molecule has 5 aromatic carbocycles. The molecule has 2 nitrogen and oxygen atoms in total. The summed E-state index contributed by atoms with van der Waals surface area (Å²) in [6.07, 6.45) is 2.27. The van der Waals surface area contributed by atoms with Crippen molar-refractivity contribution in [1.82, 2.24) is 4.57 Å². The Morgan fingerprint density at radius 1 is 0.548 bits per heavy atom. The molecule has 0 fully saturated rings. The molecule has 2 heteroatoms. The Hall–Kier alpha value is -3.91. The normalized spacial score (nSPS) is 11.5. The van der Waals surface area contributed by atoms with Gasteiger partial charge in [0.15, 0.2) is 11.0 Å². The van der Waals surface area contributed by atoms with Crippen LogP contribution in [0.25, 0.3) is 32.6 Å². The lowest BCUT2D eigenvalue weighted by atomic mass is 10.0. The lowest BCUT2D eigenvalue weighted by Crippen LogP contribution is -2.33. The third kappa shape index (κ3) is 3.17. The Bertz CT molecular complexity index is 1420. The zero-order valence-corrected chi connectivity index (χ0v) is 17.3. The van der Waals surface area contributed by atoms with Crippen molar-refractivity contribution in [2.45, 2.75) is 13.1 Å². The van der Waals surface area contributed by atoms with E-state index in [1.807, 2.05) is 0 Å². The standard InChI is InChI=1S/C29H23N2/c1-3-15-26-22(9-1)11-7-13-24(26)19-30-21-31(29-18-6-5-17-28(29)30)20-25-14-8-12-23-10-2-4-16-27(23)25/h1-18,21H,19-20H2/q+1. The van der Waals surface area contributed by atoms with E-state index in [2.05, 4.69) is 125 Å². The van der Waals surface area contributed by atoms with Crippen molar-refractivity contribution in [3.63, 3.8) is 0 Å². The van der Waals surface area contributed by atoms with E-state index >= 15 is 0 Å². The second kappa shape index (κ2) is 7.41. The highest BCUT2D eigenvalue weighted by Gasteiger charge is 2.17. The lowest BCUT2D eigenvalue weighted by molar-refractivity contribution is -0.663. The van der Waals surface area contributed by atoms with Crippen molar-refractivity contribution < 1.29 is 4.57 Å². The van der Waals surface area contributed by atoms with Crippen LogP contribution in [0.2, 0.25) is 0 Å². The van der Waals surface area contributed by atoms with E-state index in [1.165, 1.54) is 43.7 Å². The molecule has 0 saturated heterocycles. The molecule has 0 unspecified atom stereocenters. The second-order valence-electron chi connectivity index (χ2n) is 8.14. The predicted octanol–water partition coefficient (Wildman–Crippen LogP) is 6.33. The van der Waals surface area contributed by atoms with Crippen LogP contribution in [0.4, 0.5) is 0 Å². The number of rotatable bonds is 4. The number of hydrogen-bond donors (Lipinski definition) is 0. The van der Waals surface area contributed by atoms with Gasteiger partial charge in [-0.2, -0.15) is 0 Å². The minimum Gasteiger partial charge on any atom is -0.226 e. The minimum absolute atomic E-state index is 0.852. The highest BCUT2D eigenvalue weighted by atomic mass is 15.1. The monoisotopic (exact) mass is 399 g/mol. The summed E-state index contributed by atoms with van der Waals surface area (Å²) in [5.74, 6) is 0. The Labute approximate surface area is 181 Å². The van der Waals surface area contributed by atoms with Crippen LogP contribution in [-0.4, -0.2) is 4.57 Å². The molecule has 0 aliphatic carbocycles. The number of hydrogen-bond acceptors (Lipinski definition) is 0. The molecule has 0 aliphatic rings. The van der Waals surface area contributed by atoms with Gasteiger partial charge in [0.1, 0.15) is 13.1 Å². The average Bonchev–Trinajstić information content (AvgIpc) is 3.17. The minimum atomic E-state index is 0.852. The van der Waals surface area contributed by atoms with Crippen LogP contribution in [-0.2, 0) is 13.1 Å². The largest absolute Gasteiger partial charge is 0.245 e. The maximum atomic E-state index is 2.38. The van der Waals surface area contributed by atoms with Crippen molar-refractivity contribution >= 4 is 32.6 Å². The van der Waals surface area contributed by atoms with Crippen LogP contribution in [0, 0.1) is 0 Å². The van der Waals surface area contributed by atoms with Gasteiger partial charge < -0.3 is 0 Å². The van der Waals surface area contributed by atoms with Gasteiger partial charge in [-0.05, 0) is 33.7 Å². The molecular formula is C29H23N2+. The third-order valence-corrected chi connectivity index (χ3v) is 6.22. The molecule has 1 heterocycles. The first kappa shape index (κ1) is 17.9. The summed E-state index contributed by atoms with van der Waals surface area (Å²) >= 11 is 0. The lowest BCUT2D eigenvalue weighted by Gasteiger charge is -2.05. The summed E-state index contributed by atoms with van der Waals surface area (Å²) in [5.41, 5.74) is 5.21. The van der Waals surface area contributed by atoms with Gasteiger partial charge in [-0.15, -0.1) is 0 Å². The summed E-state index contributed by atoms with van der Waals surface area (Å²) in [7, 11) is 0. The van der Waals surface area contributed by atoms with Crippen molar-refractivity contribution in [2.24, 2.45) is 0 Å². The van der Waals surface area contributed by atoms with E-state index in [4.69, 9.17) is 0 Å². The molecule has 6 rings (SSSR count). The van der Waals surface area contributed by atoms with Crippen LogP contribution in [0.1, 0.15) is 11.1 Å². The third-order valence-electron chi connectivity index (χ3n) is 6.22. The topological polar surface area (TPSA) is 8.81 Å². The van der Waals surface area contributed by atoms with Gasteiger partial charge in [-0.3, -0.25) is 0 Å². The SMILES string of the molecule is c1ccc2c(Cn3c[n+](Cc4cccc5ccccc45)c4ccccc43)cccc2c1. The van der Waals surface area contributed by atoms with Crippen LogP contribution >= 0.6 is 0 Å². The first-order valence-corrected chi connectivity index (χ1v) is 10.8. The fourth-order valence-electron chi connectivity index (χ4n) is 4.72. The van der Waals surface area contributed by atoms with Gasteiger partial charge in [0.2, 0.25) is 6.33 Å². The zero-order valence-electron chi connectivity index (χ0n) is 17.3. The molecule has 0 saturated carbocycles. The van der Waals surface area contributed by atoms with E-state index in [-0.39, 0.29) is 0 Å². The van der Waals surface area contributed by atoms with E-state index in [9.17, 15) is 0 Å². The Balaban J connectivity index is 1.45. The van der Waals surface area contributed by atoms with E-state index in [0.29, 0.717) is 0 Å². The number of aromatic nitrogens is 2. The quantitative estimate of drug-likeness (QED) is 0.306. The van der Waals surface area contributed by atoms with Crippen molar-refractivity contribution in [2.75, 3.05) is 0 Å².